The summed E-state index contributed by atoms with van der Waals surface area (Å²) >= 11 is 1.12. The zero-order valence-corrected chi connectivity index (χ0v) is 11.4. The molecule has 19 heavy (non-hydrogen) atoms. The van der Waals surface area contributed by atoms with E-state index in [-0.39, 0.29) is 10.7 Å². The number of rotatable bonds is 4. The van der Waals surface area contributed by atoms with Gasteiger partial charge in [-0.05, 0) is 24.8 Å². The van der Waals surface area contributed by atoms with Crippen LogP contribution in [0.2, 0.25) is 0 Å². The fourth-order valence-corrected chi connectivity index (χ4v) is 2.26. The van der Waals surface area contributed by atoms with Gasteiger partial charge in [-0.25, -0.2) is 4.98 Å². The Balaban J connectivity index is 2.42. The molecule has 0 spiro atoms. The van der Waals surface area contributed by atoms with Gasteiger partial charge < -0.3 is 9.88 Å². The fourth-order valence-electron chi connectivity index (χ4n) is 1.35. The normalized spacial score (nSPS) is 10.5. The van der Waals surface area contributed by atoms with Crippen LogP contribution in [0.3, 0.4) is 0 Å². The van der Waals surface area contributed by atoms with Crippen molar-refractivity contribution in [3.8, 4) is 0 Å². The van der Waals surface area contributed by atoms with Gasteiger partial charge in [0.25, 0.3) is 0 Å². The van der Waals surface area contributed by atoms with Gasteiger partial charge in [-0.1, -0.05) is 0 Å². The summed E-state index contributed by atoms with van der Waals surface area (Å²) in [7, 11) is 3.50. The van der Waals surface area contributed by atoms with Crippen molar-refractivity contribution < 1.29 is 4.92 Å². The van der Waals surface area contributed by atoms with Gasteiger partial charge in [0.05, 0.1) is 4.92 Å². The maximum Gasteiger partial charge on any atom is 0.301 e. The number of nitrogens with zero attached hydrogens (tertiary/aromatic N) is 5. The summed E-state index contributed by atoms with van der Waals surface area (Å²) in [5.41, 5.74) is -0.0512. The number of aromatic nitrogens is 4. The summed E-state index contributed by atoms with van der Waals surface area (Å²) in [6.07, 6.45) is 0. The number of anilines is 1. The summed E-state index contributed by atoms with van der Waals surface area (Å²) in [6, 6.07) is 2.98. The minimum absolute atomic E-state index is 0.0512. The second-order valence-electron chi connectivity index (χ2n) is 3.72. The van der Waals surface area contributed by atoms with Crippen LogP contribution in [0.5, 0.6) is 0 Å². The Hall–Kier alpha value is -2.16. The average Bonchev–Trinajstić information content (AvgIpc) is 2.70. The molecule has 0 fully saturated rings. The molecule has 0 aromatic carbocycles. The highest BCUT2D eigenvalue weighted by atomic mass is 32.2. The summed E-state index contributed by atoms with van der Waals surface area (Å²) in [6.45, 7) is 1.81. The molecule has 0 atom stereocenters. The molecule has 8 nitrogen and oxygen atoms in total. The highest BCUT2D eigenvalue weighted by molar-refractivity contribution is 7.99. The van der Waals surface area contributed by atoms with E-state index in [9.17, 15) is 10.1 Å². The largest absolute Gasteiger partial charge is 0.373 e. The van der Waals surface area contributed by atoms with Crippen molar-refractivity contribution in [3.63, 3.8) is 0 Å². The zero-order chi connectivity index (χ0) is 14.0. The Bertz CT molecular complexity index is 626. The van der Waals surface area contributed by atoms with Gasteiger partial charge in [-0.3, -0.25) is 10.1 Å². The second-order valence-corrected chi connectivity index (χ2v) is 4.67. The first kappa shape index (κ1) is 13.3. The van der Waals surface area contributed by atoms with Crippen LogP contribution in [0.1, 0.15) is 5.82 Å². The fraction of sp³-hybridized carbons (Fsp3) is 0.300. The molecule has 100 valence electrons. The monoisotopic (exact) mass is 280 g/mol. The molecule has 0 saturated carbocycles. The van der Waals surface area contributed by atoms with Crippen LogP contribution in [-0.4, -0.2) is 31.7 Å². The first-order valence-corrected chi connectivity index (χ1v) is 6.21. The second kappa shape index (κ2) is 5.22. The highest BCUT2D eigenvalue weighted by Crippen LogP contribution is 2.32. The topological polar surface area (TPSA) is 98.8 Å². The van der Waals surface area contributed by atoms with Crippen molar-refractivity contribution in [3.05, 3.63) is 28.1 Å². The third kappa shape index (κ3) is 2.65. The van der Waals surface area contributed by atoms with E-state index in [2.05, 4.69) is 20.5 Å². The molecule has 2 heterocycles. The molecule has 0 saturated heterocycles. The summed E-state index contributed by atoms with van der Waals surface area (Å²) in [5, 5.41) is 22.5. The van der Waals surface area contributed by atoms with Crippen LogP contribution in [0.15, 0.2) is 22.3 Å². The lowest BCUT2D eigenvalue weighted by Gasteiger charge is -2.04. The number of nitrogens with one attached hydrogen (secondary N) is 1. The van der Waals surface area contributed by atoms with E-state index in [1.807, 2.05) is 6.92 Å². The molecule has 0 unspecified atom stereocenters. The molecule has 0 radical (unpaired) electrons. The minimum atomic E-state index is -0.460. The van der Waals surface area contributed by atoms with Crippen molar-refractivity contribution in [1.82, 2.24) is 19.7 Å². The van der Waals surface area contributed by atoms with E-state index in [4.69, 9.17) is 0 Å². The van der Waals surface area contributed by atoms with Crippen molar-refractivity contribution in [2.24, 2.45) is 7.05 Å². The van der Waals surface area contributed by atoms with Crippen LogP contribution >= 0.6 is 11.8 Å². The molecule has 9 heteroatoms. The number of hydrogen-bond acceptors (Lipinski definition) is 7. The van der Waals surface area contributed by atoms with Crippen LogP contribution in [0.25, 0.3) is 0 Å². The Morgan fingerprint density at radius 3 is 2.68 bits per heavy atom. The van der Waals surface area contributed by atoms with Crippen LogP contribution in [0.4, 0.5) is 11.5 Å². The molecule has 0 amide bonds. The predicted molar refractivity (Wildman–Crippen MR) is 70.3 cm³/mol. The van der Waals surface area contributed by atoms with Gasteiger partial charge in [-0.15, -0.1) is 10.2 Å². The van der Waals surface area contributed by atoms with Crippen molar-refractivity contribution in [2.75, 3.05) is 12.4 Å². The molecule has 1 N–H and O–H groups in total. The molecular formula is C10H12N6O2S. The quantitative estimate of drug-likeness (QED) is 0.671. The number of nitro groups is 1. The van der Waals surface area contributed by atoms with E-state index in [1.54, 1.807) is 24.7 Å². The standard InChI is InChI=1S/C10H12N6O2S/c1-6-13-14-10(15(6)3)19-9-7(16(17)18)4-5-8(11-2)12-9/h4-5H,1-3H3,(H,11,12). The molecule has 0 bridgehead atoms. The Morgan fingerprint density at radius 2 is 2.16 bits per heavy atom. The summed E-state index contributed by atoms with van der Waals surface area (Å²) in [4.78, 5) is 14.7. The predicted octanol–water partition coefficient (Wildman–Crippen LogP) is 1.62. The zero-order valence-electron chi connectivity index (χ0n) is 10.6. The lowest BCUT2D eigenvalue weighted by Crippen LogP contribution is -1.99. The number of hydrogen-bond donors (Lipinski definition) is 1. The van der Waals surface area contributed by atoms with E-state index < -0.39 is 4.92 Å². The maximum absolute atomic E-state index is 11.0. The first-order chi connectivity index (χ1) is 9.02. The smallest absolute Gasteiger partial charge is 0.301 e. The third-order valence-electron chi connectivity index (χ3n) is 2.53. The van der Waals surface area contributed by atoms with Crippen molar-refractivity contribution >= 4 is 23.3 Å². The molecular weight excluding hydrogens is 268 g/mol. The Labute approximate surface area is 113 Å². The van der Waals surface area contributed by atoms with Gasteiger partial charge in [0.15, 0.2) is 10.2 Å². The SMILES string of the molecule is CNc1ccc([N+](=O)[O-])c(Sc2nnc(C)n2C)n1. The number of pyridine rings is 1. The van der Waals surface area contributed by atoms with Gasteiger partial charge in [0.1, 0.15) is 11.6 Å². The van der Waals surface area contributed by atoms with Crippen LogP contribution in [-0.2, 0) is 7.05 Å². The number of aryl methyl sites for hydroxylation is 1. The van der Waals surface area contributed by atoms with Crippen LogP contribution < -0.4 is 5.32 Å². The maximum atomic E-state index is 11.0. The van der Waals surface area contributed by atoms with Crippen molar-refractivity contribution in [2.45, 2.75) is 17.1 Å². The highest BCUT2D eigenvalue weighted by Gasteiger charge is 2.19. The Kier molecular flexibility index (Phi) is 3.65. The molecule has 2 rings (SSSR count). The Morgan fingerprint density at radius 1 is 1.42 bits per heavy atom. The average molecular weight is 280 g/mol. The van der Waals surface area contributed by atoms with E-state index in [0.29, 0.717) is 11.0 Å². The molecule has 2 aromatic rings. The lowest BCUT2D eigenvalue weighted by molar-refractivity contribution is -0.388. The van der Waals surface area contributed by atoms with E-state index in [1.165, 1.54) is 6.07 Å². The minimum Gasteiger partial charge on any atom is -0.373 e. The molecule has 0 aliphatic rings. The van der Waals surface area contributed by atoms with Gasteiger partial charge >= 0.3 is 5.69 Å². The summed E-state index contributed by atoms with van der Waals surface area (Å²) < 4.78 is 1.75. The van der Waals surface area contributed by atoms with Gasteiger partial charge in [0, 0.05) is 20.2 Å². The molecule has 2 aromatic heterocycles. The van der Waals surface area contributed by atoms with Gasteiger partial charge in [-0.2, -0.15) is 0 Å². The first-order valence-electron chi connectivity index (χ1n) is 5.40. The van der Waals surface area contributed by atoms with Crippen LogP contribution in [0, 0.1) is 17.0 Å². The van der Waals surface area contributed by atoms with E-state index in [0.717, 1.165) is 17.6 Å². The van der Waals surface area contributed by atoms with Crippen molar-refractivity contribution in [1.29, 1.82) is 0 Å². The molecule has 0 aliphatic heterocycles. The van der Waals surface area contributed by atoms with Gasteiger partial charge in [0.2, 0.25) is 0 Å². The lowest BCUT2D eigenvalue weighted by atomic mass is 10.4. The summed E-state index contributed by atoms with van der Waals surface area (Å²) in [5.74, 6) is 1.29. The third-order valence-corrected chi connectivity index (χ3v) is 3.57. The molecule has 0 aliphatic carbocycles. The van der Waals surface area contributed by atoms with E-state index >= 15 is 0 Å².